The van der Waals surface area contributed by atoms with Crippen LogP contribution in [0.15, 0.2) is 120 Å². The lowest BCUT2D eigenvalue weighted by molar-refractivity contribution is -0.140. The van der Waals surface area contributed by atoms with E-state index in [0.717, 1.165) is 22.7 Å². The quantitative estimate of drug-likeness (QED) is 0.157. The Labute approximate surface area is 260 Å². The third kappa shape index (κ3) is 8.48. The third-order valence-electron chi connectivity index (χ3n) is 7.12. The largest absolute Gasteiger partial charge is 0.457 e. The van der Waals surface area contributed by atoms with Crippen LogP contribution in [0, 0.1) is 0 Å². The average molecular weight is 614 g/mol. The van der Waals surface area contributed by atoms with E-state index in [2.05, 4.69) is 5.32 Å². The van der Waals surface area contributed by atoms with Crippen molar-refractivity contribution in [2.24, 2.45) is 0 Å². The van der Waals surface area contributed by atoms with Gasteiger partial charge in [-0.25, -0.2) is 8.42 Å². The Bertz CT molecular complexity index is 1580. The molecular formula is C35H39N3O5S. The Morgan fingerprint density at radius 3 is 1.93 bits per heavy atom. The second kappa shape index (κ2) is 15.7. The van der Waals surface area contributed by atoms with E-state index < -0.39 is 28.5 Å². The summed E-state index contributed by atoms with van der Waals surface area (Å²) in [6.07, 6.45) is 2.11. The molecule has 2 amide bonds. The molecule has 44 heavy (non-hydrogen) atoms. The fraction of sp³-hybridized carbons (Fsp3) is 0.257. The predicted molar refractivity (Wildman–Crippen MR) is 173 cm³/mol. The number of hydrogen-bond acceptors (Lipinski definition) is 5. The number of amides is 2. The lowest BCUT2D eigenvalue weighted by atomic mass is 10.1. The van der Waals surface area contributed by atoms with Gasteiger partial charge in [0.25, 0.3) is 10.0 Å². The van der Waals surface area contributed by atoms with Crippen LogP contribution >= 0.6 is 0 Å². The van der Waals surface area contributed by atoms with Gasteiger partial charge in [-0.05, 0) is 66.9 Å². The average Bonchev–Trinajstić information content (AvgIpc) is 3.05. The SMILES string of the molecule is CCCCNC(=O)C(CC)N(Cc1ccccc1)C(=O)CN(c1ccc(Oc2ccccc2)cc1)S(=O)(=O)c1ccccc1. The number of rotatable bonds is 15. The van der Waals surface area contributed by atoms with Crippen LogP contribution in [0.2, 0.25) is 0 Å². The molecule has 0 aliphatic carbocycles. The fourth-order valence-corrected chi connectivity index (χ4v) is 6.19. The fourth-order valence-electron chi connectivity index (χ4n) is 4.76. The summed E-state index contributed by atoms with van der Waals surface area (Å²) in [5, 5.41) is 2.94. The number of sulfonamides is 1. The number of nitrogens with one attached hydrogen (secondary N) is 1. The molecule has 4 aromatic rings. The molecule has 1 unspecified atom stereocenters. The monoisotopic (exact) mass is 613 g/mol. The second-order valence-electron chi connectivity index (χ2n) is 10.3. The van der Waals surface area contributed by atoms with Crippen LogP contribution in [-0.4, -0.2) is 44.3 Å². The lowest BCUT2D eigenvalue weighted by Gasteiger charge is -2.33. The first kappa shape index (κ1) is 32.3. The summed E-state index contributed by atoms with van der Waals surface area (Å²) in [5.41, 5.74) is 1.13. The van der Waals surface area contributed by atoms with E-state index in [1.165, 1.54) is 17.0 Å². The van der Waals surface area contributed by atoms with Crippen molar-refractivity contribution in [3.05, 3.63) is 121 Å². The Balaban J connectivity index is 1.68. The number of carbonyl (C=O) groups is 2. The first-order chi connectivity index (χ1) is 21.3. The molecule has 8 nitrogen and oxygen atoms in total. The first-order valence-electron chi connectivity index (χ1n) is 14.8. The summed E-state index contributed by atoms with van der Waals surface area (Å²) >= 11 is 0. The van der Waals surface area contributed by atoms with E-state index in [0.29, 0.717) is 30.2 Å². The second-order valence-corrected chi connectivity index (χ2v) is 12.2. The number of hydrogen-bond donors (Lipinski definition) is 1. The van der Waals surface area contributed by atoms with Crippen molar-refractivity contribution in [3.8, 4) is 11.5 Å². The number of anilines is 1. The van der Waals surface area contributed by atoms with E-state index in [1.54, 1.807) is 42.5 Å². The molecule has 4 aromatic carbocycles. The highest BCUT2D eigenvalue weighted by atomic mass is 32.2. The summed E-state index contributed by atoms with van der Waals surface area (Å²) in [7, 11) is -4.15. The zero-order chi connectivity index (χ0) is 31.4. The van der Waals surface area contributed by atoms with Crippen LogP contribution in [-0.2, 0) is 26.2 Å². The number of unbranched alkanes of at least 4 members (excludes halogenated alkanes) is 1. The molecule has 0 aliphatic rings. The van der Waals surface area contributed by atoms with Gasteiger partial charge < -0.3 is 15.0 Å². The van der Waals surface area contributed by atoms with Crippen molar-refractivity contribution in [1.82, 2.24) is 10.2 Å². The summed E-state index contributed by atoms with van der Waals surface area (Å²) in [6.45, 7) is 4.05. The molecule has 1 N–H and O–H groups in total. The summed E-state index contributed by atoms with van der Waals surface area (Å²) in [6, 6.07) is 32.4. The van der Waals surface area contributed by atoms with Gasteiger partial charge in [0.15, 0.2) is 0 Å². The van der Waals surface area contributed by atoms with Crippen LogP contribution in [0.3, 0.4) is 0 Å². The number of ether oxygens (including phenoxy) is 1. The minimum Gasteiger partial charge on any atom is -0.457 e. The Morgan fingerprint density at radius 2 is 1.34 bits per heavy atom. The van der Waals surface area contributed by atoms with Crippen LogP contribution in [0.25, 0.3) is 0 Å². The highest BCUT2D eigenvalue weighted by Gasteiger charge is 2.33. The van der Waals surface area contributed by atoms with Gasteiger partial charge in [-0.1, -0.05) is 87.0 Å². The summed E-state index contributed by atoms with van der Waals surface area (Å²) < 4.78 is 35.0. The van der Waals surface area contributed by atoms with Gasteiger partial charge in [0.05, 0.1) is 10.6 Å². The maximum absolute atomic E-state index is 14.2. The van der Waals surface area contributed by atoms with E-state index in [-0.39, 0.29) is 17.3 Å². The van der Waals surface area contributed by atoms with E-state index in [1.807, 2.05) is 74.5 Å². The van der Waals surface area contributed by atoms with E-state index in [9.17, 15) is 18.0 Å². The molecule has 0 radical (unpaired) electrons. The van der Waals surface area contributed by atoms with Gasteiger partial charge in [-0.3, -0.25) is 13.9 Å². The third-order valence-corrected chi connectivity index (χ3v) is 8.91. The van der Waals surface area contributed by atoms with Gasteiger partial charge >= 0.3 is 0 Å². The molecule has 230 valence electrons. The lowest BCUT2D eigenvalue weighted by Crippen LogP contribution is -2.52. The summed E-state index contributed by atoms with van der Waals surface area (Å²) in [5.74, 6) is 0.410. The molecule has 0 saturated heterocycles. The molecule has 9 heteroatoms. The number of para-hydroxylation sites is 1. The van der Waals surface area contributed by atoms with Gasteiger partial charge in [0.2, 0.25) is 11.8 Å². The number of carbonyl (C=O) groups excluding carboxylic acids is 2. The maximum Gasteiger partial charge on any atom is 0.264 e. The molecule has 0 saturated carbocycles. The van der Waals surface area contributed by atoms with Gasteiger partial charge in [0.1, 0.15) is 24.1 Å². The van der Waals surface area contributed by atoms with Crippen molar-refractivity contribution in [2.75, 3.05) is 17.4 Å². The molecule has 0 bridgehead atoms. The van der Waals surface area contributed by atoms with Gasteiger partial charge in [-0.2, -0.15) is 0 Å². The van der Waals surface area contributed by atoms with Crippen molar-refractivity contribution in [1.29, 1.82) is 0 Å². The molecular weight excluding hydrogens is 574 g/mol. The van der Waals surface area contributed by atoms with Crippen LogP contribution in [0.5, 0.6) is 11.5 Å². The summed E-state index contributed by atoms with van der Waals surface area (Å²) in [4.78, 5) is 29.0. The van der Waals surface area contributed by atoms with Gasteiger partial charge in [0, 0.05) is 13.1 Å². The van der Waals surface area contributed by atoms with Crippen molar-refractivity contribution in [2.45, 2.75) is 50.6 Å². The van der Waals surface area contributed by atoms with E-state index >= 15 is 0 Å². The van der Waals surface area contributed by atoms with E-state index in [4.69, 9.17) is 4.74 Å². The first-order valence-corrected chi connectivity index (χ1v) is 16.3. The highest BCUT2D eigenvalue weighted by molar-refractivity contribution is 7.92. The zero-order valence-corrected chi connectivity index (χ0v) is 26.0. The Morgan fingerprint density at radius 1 is 0.773 bits per heavy atom. The number of nitrogens with zero attached hydrogens (tertiary/aromatic N) is 2. The predicted octanol–water partition coefficient (Wildman–Crippen LogP) is 6.40. The molecule has 0 aromatic heterocycles. The maximum atomic E-state index is 14.2. The smallest absolute Gasteiger partial charge is 0.264 e. The zero-order valence-electron chi connectivity index (χ0n) is 25.1. The minimum atomic E-state index is -4.15. The van der Waals surface area contributed by atoms with Crippen LogP contribution < -0.4 is 14.4 Å². The van der Waals surface area contributed by atoms with Crippen LogP contribution in [0.4, 0.5) is 5.69 Å². The molecule has 0 heterocycles. The molecule has 4 rings (SSSR count). The molecule has 0 spiro atoms. The van der Waals surface area contributed by atoms with Crippen molar-refractivity contribution >= 4 is 27.5 Å². The normalized spacial score (nSPS) is 11.8. The topological polar surface area (TPSA) is 96.0 Å². The Hall–Kier alpha value is -4.63. The van der Waals surface area contributed by atoms with Crippen molar-refractivity contribution in [3.63, 3.8) is 0 Å². The molecule has 0 aliphatic heterocycles. The van der Waals surface area contributed by atoms with Crippen LogP contribution in [0.1, 0.15) is 38.7 Å². The number of benzene rings is 4. The van der Waals surface area contributed by atoms with Crippen molar-refractivity contribution < 1.29 is 22.7 Å². The highest BCUT2D eigenvalue weighted by Crippen LogP contribution is 2.28. The Kier molecular flexibility index (Phi) is 11.5. The van der Waals surface area contributed by atoms with Gasteiger partial charge in [-0.15, -0.1) is 0 Å². The minimum absolute atomic E-state index is 0.0522. The molecule has 0 fully saturated rings. The molecule has 1 atom stereocenters. The standard InChI is InChI=1S/C35H39N3O5S/c1-3-5-25-36-35(40)33(4-2)37(26-28-15-9-6-10-16-28)34(39)27-38(44(41,42)32-19-13-8-14-20-32)29-21-23-31(24-22-29)43-30-17-11-7-12-18-30/h6-24,33H,3-5,25-27H2,1-2H3,(H,36,40).